The molecule has 0 aliphatic carbocycles. The van der Waals surface area contributed by atoms with Crippen molar-refractivity contribution in [3.63, 3.8) is 0 Å². The molecule has 1 unspecified atom stereocenters. The summed E-state index contributed by atoms with van der Waals surface area (Å²) < 4.78 is 5.49. The van der Waals surface area contributed by atoms with Gasteiger partial charge in [-0.2, -0.15) is 0 Å². The molecule has 2 nitrogen and oxygen atoms in total. The Morgan fingerprint density at radius 1 is 1.44 bits per heavy atom. The van der Waals surface area contributed by atoms with Gasteiger partial charge in [0.05, 0.1) is 13.2 Å². The van der Waals surface area contributed by atoms with Crippen LogP contribution in [-0.4, -0.2) is 24.9 Å². The predicted octanol–water partition coefficient (Wildman–Crippen LogP) is 2.67. The molecular formula is C13H17ClO2. The van der Waals surface area contributed by atoms with Gasteiger partial charge in [0.15, 0.2) is 0 Å². The second-order valence-electron chi connectivity index (χ2n) is 4.62. The standard InChI is InChI=1S/C13H17ClO2/c14-12-4-1-3-11(7-12)8-13(9-15)5-2-6-16-10-13/h1,3-4,7,15H,2,5-6,8-10H2. The number of ether oxygens (including phenoxy) is 1. The van der Waals surface area contributed by atoms with E-state index in [2.05, 4.69) is 6.07 Å². The van der Waals surface area contributed by atoms with Crippen LogP contribution in [-0.2, 0) is 11.2 Å². The highest BCUT2D eigenvalue weighted by molar-refractivity contribution is 6.30. The van der Waals surface area contributed by atoms with Crippen molar-refractivity contribution in [2.24, 2.45) is 5.41 Å². The monoisotopic (exact) mass is 240 g/mol. The summed E-state index contributed by atoms with van der Waals surface area (Å²) in [5.74, 6) is 0. The lowest BCUT2D eigenvalue weighted by Gasteiger charge is -2.35. The average molecular weight is 241 g/mol. The third-order valence-electron chi connectivity index (χ3n) is 3.21. The first kappa shape index (κ1) is 11.9. The minimum atomic E-state index is -0.108. The minimum absolute atomic E-state index is 0.108. The molecule has 1 aromatic rings. The topological polar surface area (TPSA) is 29.5 Å². The van der Waals surface area contributed by atoms with Crippen LogP contribution in [0.4, 0.5) is 0 Å². The molecule has 3 heteroatoms. The third kappa shape index (κ3) is 2.76. The first-order valence-corrected chi connectivity index (χ1v) is 6.05. The Balaban J connectivity index is 2.11. The highest BCUT2D eigenvalue weighted by Crippen LogP contribution is 2.32. The molecule has 1 heterocycles. The van der Waals surface area contributed by atoms with E-state index < -0.39 is 0 Å². The summed E-state index contributed by atoms with van der Waals surface area (Å²) in [5.41, 5.74) is 1.06. The number of hydrogen-bond acceptors (Lipinski definition) is 2. The van der Waals surface area contributed by atoms with Crippen molar-refractivity contribution in [2.45, 2.75) is 19.3 Å². The van der Waals surface area contributed by atoms with E-state index in [-0.39, 0.29) is 12.0 Å². The van der Waals surface area contributed by atoms with E-state index in [1.54, 1.807) is 0 Å². The SMILES string of the molecule is OCC1(Cc2cccc(Cl)c2)CCCOC1. The lowest BCUT2D eigenvalue weighted by atomic mass is 9.78. The van der Waals surface area contributed by atoms with E-state index in [0.29, 0.717) is 6.61 Å². The van der Waals surface area contributed by atoms with Crippen LogP contribution in [0.25, 0.3) is 0 Å². The maximum absolute atomic E-state index is 9.56. The summed E-state index contributed by atoms with van der Waals surface area (Å²) in [6, 6.07) is 7.84. The third-order valence-corrected chi connectivity index (χ3v) is 3.44. The van der Waals surface area contributed by atoms with Crippen LogP contribution in [0.1, 0.15) is 18.4 Å². The summed E-state index contributed by atoms with van der Waals surface area (Å²) in [5, 5.41) is 10.3. The number of aliphatic hydroxyl groups excluding tert-OH is 1. The van der Waals surface area contributed by atoms with Gasteiger partial charge in [0.2, 0.25) is 0 Å². The van der Waals surface area contributed by atoms with Gasteiger partial charge in [-0.25, -0.2) is 0 Å². The molecule has 1 N–H and O–H groups in total. The average Bonchev–Trinajstić information content (AvgIpc) is 2.30. The van der Waals surface area contributed by atoms with Crippen molar-refractivity contribution in [1.29, 1.82) is 0 Å². The fraction of sp³-hybridized carbons (Fsp3) is 0.538. The lowest BCUT2D eigenvalue weighted by molar-refractivity contribution is -0.0378. The smallest absolute Gasteiger partial charge is 0.0547 e. The molecule has 0 radical (unpaired) electrons. The Morgan fingerprint density at radius 3 is 2.94 bits per heavy atom. The quantitative estimate of drug-likeness (QED) is 0.880. The zero-order chi connectivity index (χ0) is 11.4. The highest BCUT2D eigenvalue weighted by atomic mass is 35.5. The van der Waals surface area contributed by atoms with Crippen LogP contribution in [0, 0.1) is 5.41 Å². The van der Waals surface area contributed by atoms with Crippen LogP contribution in [0.15, 0.2) is 24.3 Å². The lowest BCUT2D eigenvalue weighted by Crippen LogP contribution is -2.37. The minimum Gasteiger partial charge on any atom is -0.396 e. The van der Waals surface area contributed by atoms with Gasteiger partial charge in [-0.1, -0.05) is 23.7 Å². The summed E-state index contributed by atoms with van der Waals surface area (Å²) in [6.45, 7) is 1.65. The Bertz CT molecular complexity index is 346. The Labute approximate surface area is 101 Å². The Hall–Kier alpha value is -0.570. The second kappa shape index (κ2) is 5.17. The second-order valence-corrected chi connectivity index (χ2v) is 5.06. The fourth-order valence-corrected chi connectivity index (χ4v) is 2.52. The van der Waals surface area contributed by atoms with Crippen LogP contribution < -0.4 is 0 Å². The maximum atomic E-state index is 9.56. The van der Waals surface area contributed by atoms with Gasteiger partial charge in [0, 0.05) is 17.0 Å². The number of benzene rings is 1. The van der Waals surface area contributed by atoms with Crippen LogP contribution >= 0.6 is 11.6 Å². The molecule has 0 aromatic heterocycles. The van der Waals surface area contributed by atoms with Crippen LogP contribution in [0.2, 0.25) is 5.02 Å². The first-order chi connectivity index (χ1) is 7.74. The normalized spacial score (nSPS) is 25.6. The van der Waals surface area contributed by atoms with Crippen molar-refractivity contribution >= 4 is 11.6 Å². The zero-order valence-electron chi connectivity index (χ0n) is 9.29. The van der Waals surface area contributed by atoms with Crippen LogP contribution in [0.5, 0.6) is 0 Å². The molecule has 1 atom stereocenters. The molecule has 1 fully saturated rings. The van der Waals surface area contributed by atoms with Gasteiger partial charge in [-0.05, 0) is 37.0 Å². The molecule has 0 bridgehead atoms. The number of hydrogen-bond donors (Lipinski definition) is 1. The first-order valence-electron chi connectivity index (χ1n) is 5.67. The van der Waals surface area contributed by atoms with E-state index >= 15 is 0 Å². The predicted molar refractivity (Wildman–Crippen MR) is 64.7 cm³/mol. The Morgan fingerprint density at radius 2 is 2.31 bits per heavy atom. The Kier molecular flexibility index (Phi) is 3.85. The molecule has 0 amide bonds. The van der Waals surface area contributed by atoms with Crippen molar-refractivity contribution in [2.75, 3.05) is 19.8 Å². The fourth-order valence-electron chi connectivity index (χ4n) is 2.31. The molecular weight excluding hydrogens is 224 g/mol. The number of rotatable bonds is 3. The highest BCUT2D eigenvalue weighted by Gasteiger charge is 2.32. The molecule has 1 aliphatic rings. The number of aliphatic hydroxyl groups is 1. The summed E-state index contributed by atoms with van der Waals surface area (Å²) in [6.07, 6.45) is 2.89. The van der Waals surface area contributed by atoms with Gasteiger partial charge < -0.3 is 9.84 Å². The molecule has 1 saturated heterocycles. The van der Waals surface area contributed by atoms with Gasteiger partial charge in [-0.15, -0.1) is 0 Å². The van der Waals surface area contributed by atoms with Crippen molar-refractivity contribution in [3.05, 3.63) is 34.9 Å². The molecule has 2 rings (SSSR count). The summed E-state index contributed by atoms with van der Waals surface area (Å²) in [4.78, 5) is 0. The number of halogens is 1. The maximum Gasteiger partial charge on any atom is 0.0547 e. The molecule has 0 spiro atoms. The van der Waals surface area contributed by atoms with E-state index in [1.807, 2.05) is 18.2 Å². The van der Waals surface area contributed by atoms with Gasteiger partial charge in [0.1, 0.15) is 0 Å². The molecule has 88 valence electrons. The van der Waals surface area contributed by atoms with Gasteiger partial charge >= 0.3 is 0 Å². The van der Waals surface area contributed by atoms with Crippen molar-refractivity contribution < 1.29 is 9.84 Å². The van der Waals surface area contributed by atoms with E-state index in [4.69, 9.17) is 16.3 Å². The van der Waals surface area contributed by atoms with Crippen molar-refractivity contribution in [1.82, 2.24) is 0 Å². The van der Waals surface area contributed by atoms with E-state index in [0.717, 1.165) is 30.9 Å². The molecule has 1 aromatic carbocycles. The van der Waals surface area contributed by atoms with Gasteiger partial charge in [-0.3, -0.25) is 0 Å². The molecule has 16 heavy (non-hydrogen) atoms. The zero-order valence-corrected chi connectivity index (χ0v) is 10.0. The van der Waals surface area contributed by atoms with E-state index in [1.165, 1.54) is 5.56 Å². The summed E-state index contributed by atoms with van der Waals surface area (Å²) >= 11 is 5.96. The largest absolute Gasteiger partial charge is 0.396 e. The summed E-state index contributed by atoms with van der Waals surface area (Å²) in [7, 11) is 0. The van der Waals surface area contributed by atoms with E-state index in [9.17, 15) is 5.11 Å². The molecule has 0 saturated carbocycles. The molecule has 1 aliphatic heterocycles. The van der Waals surface area contributed by atoms with Crippen molar-refractivity contribution in [3.8, 4) is 0 Å². The van der Waals surface area contributed by atoms with Gasteiger partial charge in [0.25, 0.3) is 0 Å². The van der Waals surface area contributed by atoms with Crippen LogP contribution in [0.3, 0.4) is 0 Å².